The van der Waals surface area contributed by atoms with Crippen molar-refractivity contribution in [3.05, 3.63) is 39.9 Å². The van der Waals surface area contributed by atoms with Crippen molar-refractivity contribution in [2.45, 2.75) is 57.0 Å². The first-order valence-electron chi connectivity index (χ1n) is 9.36. The average Bonchev–Trinajstić information content (AvgIpc) is 2.93. The molecule has 0 aliphatic heterocycles. The van der Waals surface area contributed by atoms with Crippen molar-refractivity contribution in [2.75, 3.05) is 12.0 Å². The van der Waals surface area contributed by atoms with E-state index in [9.17, 15) is 19.7 Å². The number of carbonyl (C=O) groups excluding carboxylic acids is 2. The maximum Gasteiger partial charge on any atom is 0.270 e. The molecule has 0 radical (unpaired) electrons. The molecule has 1 fully saturated rings. The monoisotopic (exact) mass is 393 g/mol. The number of nitrogens with zero attached hydrogens (tertiary/aromatic N) is 1. The van der Waals surface area contributed by atoms with E-state index >= 15 is 0 Å². The summed E-state index contributed by atoms with van der Waals surface area (Å²) in [4.78, 5) is 35.6. The number of hydrogen-bond acceptors (Lipinski definition) is 5. The van der Waals surface area contributed by atoms with Crippen LogP contribution in [0.1, 0.15) is 55.3 Å². The topological polar surface area (TPSA) is 101 Å². The minimum atomic E-state index is -0.646. The van der Waals surface area contributed by atoms with E-state index in [1.165, 1.54) is 37.1 Å². The van der Waals surface area contributed by atoms with Gasteiger partial charge in [0.25, 0.3) is 11.6 Å². The predicted octanol–water partition coefficient (Wildman–Crippen LogP) is 3.29. The number of hydrogen-bond donors (Lipinski definition) is 2. The van der Waals surface area contributed by atoms with Gasteiger partial charge in [0.2, 0.25) is 5.91 Å². The van der Waals surface area contributed by atoms with Gasteiger partial charge in [-0.25, -0.2) is 0 Å². The summed E-state index contributed by atoms with van der Waals surface area (Å²) < 4.78 is 0. The summed E-state index contributed by atoms with van der Waals surface area (Å²) in [5, 5.41) is 16.7. The van der Waals surface area contributed by atoms with Crippen LogP contribution >= 0.6 is 11.8 Å². The van der Waals surface area contributed by atoms with Crippen molar-refractivity contribution >= 4 is 29.3 Å². The van der Waals surface area contributed by atoms with Gasteiger partial charge in [0.1, 0.15) is 6.04 Å². The Balaban J connectivity index is 2.03. The molecular formula is C19H27N3O4S. The number of nitrogens with one attached hydrogen (secondary N) is 2. The quantitative estimate of drug-likeness (QED) is 0.401. The summed E-state index contributed by atoms with van der Waals surface area (Å²) in [6.45, 7) is 0. The Hall–Kier alpha value is -2.09. The minimum absolute atomic E-state index is 0.147. The summed E-state index contributed by atoms with van der Waals surface area (Å²) in [7, 11) is 0. The first kappa shape index (κ1) is 21.2. The molecule has 0 saturated heterocycles. The Labute approximate surface area is 163 Å². The fraction of sp³-hybridized carbons (Fsp3) is 0.579. The Morgan fingerprint density at radius 1 is 1.26 bits per heavy atom. The summed E-state index contributed by atoms with van der Waals surface area (Å²) in [6, 6.07) is 5.05. The molecule has 1 aliphatic rings. The van der Waals surface area contributed by atoms with Crippen molar-refractivity contribution in [3.63, 3.8) is 0 Å². The highest BCUT2D eigenvalue weighted by atomic mass is 32.2. The molecule has 2 N–H and O–H groups in total. The maximum atomic E-state index is 12.7. The van der Waals surface area contributed by atoms with Crippen molar-refractivity contribution in [3.8, 4) is 0 Å². The van der Waals surface area contributed by atoms with Gasteiger partial charge in [-0.1, -0.05) is 31.7 Å². The lowest BCUT2D eigenvalue weighted by molar-refractivity contribution is -0.384. The van der Waals surface area contributed by atoms with Crippen LogP contribution in [0.2, 0.25) is 0 Å². The predicted molar refractivity (Wildman–Crippen MR) is 107 cm³/mol. The molecule has 0 spiro atoms. The molecule has 1 unspecified atom stereocenters. The number of nitro groups is 1. The first-order chi connectivity index (χ1) is 13.0. The van der Waals surface area contributed by atoms with Crippen molar-refractivity contribution in [1.29, 1.82) is 0 Å². The van der Waals surface area contributed by atoms with Crippen LogP contribution in [-0.2, 0) is 4.79 Å². The van der Waals surface area contributed by atoms with E-state index in [1.54, 1.807) is 11.8 Å². The van der Waals surface area contributed by atoms with E-state index < -0.39 is 16.9 Å². The zero-order valence-corrected chi connectivity index (χ0v) is 16.4. The third-order valence-electron chi connectivity index (χ3n) is 4.75. The summed E-state index contributed by atoms with van der Waals surface area (Å²) in [6.07, 6.45) is 9.03. The molecule has 0 bridgehead atoms. The number of amides is 2. The molecule has 7 nitrogen and oxygen atoms in total. The van der Waals surface area contributed by atoms with Gasteiger partial charge in [-0.15, -0.1) is 0 Å². The molecule has 148 valence electrons. The smallest absolute Gasteiger partial charge is 0.270 e. The fourth-order valence-electron chi connectivity index (χ4n) is 3.23. The molecule has 0 aromatic heterocycles. The van der Waals surface area contributed by atoms with Gasteiger partial charge < -0.3 is 10.6 Å². The minimum Gasteiger partial charge on any atom is -0.352 e. The van der Waals surface area contributed by atoms with E-state index in [1.807, 2.05) is 6.26 Å². The lowest BCUT2D eigenvalue weighted by Gasteiger charge is -2.22. The maximum absolute atomic E-state index is 12.7. The van der Waals surface area contributed by atoms with E-state index in [2.05, 4.69) is 10.6 Å². The highest BCUT2D eigenvalue weighted by molar-refractivity contribution is 7.98. The van der Waals surface area contributed by atoms with Gasteiger partial charge in [0, 0.05) is 23.7 Å². The molecule has 27 heavy (non-hydrogen) atoms. The Morgan fingerprint density at radius 3 is 2.59 bits per heavy atom. The normalized spacial score (nSPS) is 16.2. The molecule has 1 saturated carbocycles. The van der Waals surface area contributed by atoms with Crippen LogP contribution in [0.25, 0.3) is 0 Å². The van der Waals surface area contributed by atoms with Crippen molar-refractivity contribution < 1.29 is 14.5 Å². The molecule has 2 rings (SSSR count). The average molecular weight is 394 g/mol. The molecule has 1 aromatic rings. The number of rotatable bonds is 8. The summed E-state index contributed by atoms with van der Waals surface area (Å²) in [5.74, 6) is 0.0911. The molecule has 8 heteroatoms. The number of nitro benzene ring substituents is 1. The third kappa shape index (κ3) is 6.86. The van der Waals surface area contributed by atoms with E-state index in [0.29, 0.717) is 6.42 Å². The standard InChI is InChI=1S/C19H27N3O4S/c1-27-12-11-17(19(24)20-15-8-4-2-3-5-9-15)21-18(23)14-7-6-10-16(13-14)22(25)26/h6-7,10,13,15,17H,2-5,8-9,11-12H2,1H3,(H,20,24)(H,21,23). The van der Waals surface area contributed by atoms with Gasteiger partial charge in [-0.05, 0) is 37.3 Å². The van der Waals surface area contributed by atoms with Gasteiger partial charge in [0.15, 0.2) is 0 Å². The third-order valence-corrected chi connectivity index (χ3v) is 5.40. The van der Waals surface area contributed by atoms with Crippen molar-refractivity contribution in [2.24, 2.45) is 0 Å². The molecule has 1 atom stereocenters. The van der Waals surface area contributed by atoms with Crippen LogP contribution in [0.3, 0.4) is 0 Å². The van der Waals surface area contributed by atoms with E-state index in [4.69, 9.17) is 0 Å². The van der Waals surface area contributed by atoms with Crippen LogP contribution in [0.15, 0.2) is 24.3 Å². The molecular weight excluding hydrogens is 366 g/mol. The second-order valence-corrected chi connectivity index (χ2v) is 7.80. The van der Waals surface area contributed by atoms with Gasteiger partial charge >= 0.3 is 0 Å². The SMILES string of the molecule is CSCCC(NC(=O)c1cccc([N+](=O)[O-])c1)C(=O)NC1CCCCCC1. The van der Waals surface area contributed by atoms with E-state index in [0.717, 1.165) is 31.4 Å². The van der Waals surface area contributed by atoms with Crippen molar-refractivity contribution in [1.82, 2.24) is 10.6 Å². The first-order valence-corrected chi connectivity index (χ1v) is 10.7. The summed E-state index contributed by atoms with van der Waals surface area (Å²) in [5.41, 5.74) is 0.0341. The number of benzene rings is 1. The molecule has 1 aromatic carbocycles. The van der Waals surface area contributed by atoms with Gasteiger partial charge in [-0.2, -0.15) is 11.8 Å². The lowest BCUT2D eigenvalue weighted by Crippen LogP contribution is -2.49. The van der Waals surface area contributed by atoms with Crippen LogP contribution in [0, 0.1) is 10.1 Å². The molecule has 2 amide bonds. The van der Waals surface area contributed by atoms with Crippen LogP contribution < -0.4 is 10.6 Å². The van der Waals surface area contributed by atoms with Gasteiger partial charge in [-0.3, -0.25) is 19.7 Å². The number of thioether (sulfide) groups is 1. The van der Waals surface area contributed by atoms with Crippen LogP contribution in [0.5, 0.6) is 0 Å². The Bertz CT molecular complexity index is 660. The highest BCUT2D eigenvalue weighted by Crippen LogP contribution is 2.18. The number of non-ortho nitro benzene ring substituents is 1. The van der Waals surface area contributed by atoms with Crippen LogP contribution in [0.4, 0.5) is 5.69 Å². The van der Waals surface area contributed by atoms with E-state index in [-0.39, 0.29) is 23.2 Å². The van der Waals surface area contributed by atoms with Crippen LogP contribution in [-0.4, -0.2) is 40.8 Å². The largest absolute Gasteiger partial charge is 0.352 e. The number of carbonyl (C=O) groups is 2. The Morgan fingerprint density at radius 2 is 1.96 bits per heavy atom. The zero-order chi connectivity index (χ0) is 19.6. The molecule has 0 heterocycles. The second kappa shape index (κ2) is 10.9. The second-order valence-electron chi connectivity index (χ2n) is 6.81. The summed E-state index contributed by atoms with van der Waals surface area (Å²) >= 11 is 1.61. The zero-order valence-electron chi connectivity index (χ0n) is 15.6. The fourth-order valence-corrected chi connectivity index (χ4v) is 3.70. The Kier molecular flexibility index (Phi) is 8.57. The van der Waals surface area contributed by atoms with Gasteiger partial charge in [0.05, 0.1) is 4.92 Å². The highest BCUT2D eigenvalue weighted by Gasteiger charge is 2.24. The molecule has 1 aliphatic carbocycles. The lowest BCUT2D eigenvalue weighted by atomic mass is 10.1.